The number of nitrogens with zero attached hydrogens (tertiary/aromatic N) is 1. The third kappa shape index (κ3) is 2.72. The Hall–Kier alpha value is -0.546. The standard InChI is InChI=1S/C11H21NSi2/c1-13(2)12(14(3,4)5)11-9-7-6-8-10-11/h6-10,13H,1-5H3. The molecule has 0 saturated carbocycles. The molecule has 0 amide bonds. The molecule has 1 aromatic rings. The molecule has 1 rings (SSSR count). The van der Waals surface area contributed by atoms with Crippen molar-refractivity contribution in [3.8, 4) is 0 Å². The van der Waals surface area contributed by atoms with Gasteiger partial charge in [0, 0.05) is 5.69 Å². The van der Waals surface area contributed by atoms with E-state index in [-0.39, 0.29) is 0 Å². The SMILES string of the molecule is C[SiH](C)N(c1ccccc1)[Si](C)(C)C. The molecule has 78 valence electrons. The molecule has 0 fully saturated rings. The zero-order valence-electron chi connectivity index (χ0n) is 9.91. The lowest BCUT2D eigenvalue weighted by atomic mass is 10.3. The Morgan fingerprint density at radius 1 is 1.00 bits per heavy atom. The van der Waals surface area contributed by atoms with Crippen LogP contribution in [0.4, 0.5) is 5.69 Å². The van der Waals surface area contributed by atoms with E-state index in [9.17, 15) is 0 Å². The summed E-state index contributed by atoms with van der Waals surface area (Å²) in [6.45, 7) is 12.1. The van der Waals surface area contributed by atoms with Crippen LogP contribution in [-0.4, -0.2) is 17.2 Å². The minimum Gasteiger partial charge on any atom is -0.427 e. The Morgan fingerprint density at radius 2 is 1.50 bits per heavy atom. The van der Waals surface area contributed by atoms with Gasteiger partial charge in [-0.2, -0.15) is 0 Å². The molecule has 0 radical (unpaired) electrons. The second kappa shape index (κ2) is 4.32. The van der Waals surface area contributed by atoms with E-state index >= 15 is 0 Å². The topological polar surface area (TPSA) is 3.24 Å². The molecule has 0 unspecified atom stereocenters. The molecule has 0 heterocycles. The van der Waals surface area contributed by atoms with Gasteiger partial charge in [-0.1, -0.05) is 50.9 Å². The highest BCUT2D eigenvalue weighted by molar-refractivity contribution is 6.92. The Labute approximate surface area is 90.5 Å². The van der Waals surface area contributed by atoms with Crippen LogP contribution in [0.3, 0.4) is 0 Å². The monoisotopic (exact) mass is 223 g/mol. The molecule has 0 N–H and O–H groups in total. The van der Waals surface area contributed by atoms with Gasteiger partial charge in [0.25, 0.3) is 0 Å². The zero-order valence-corrected chi connectivity index (χ0v) is 12.1. The van der Waals surface area contributed by atoms with E-state index in [1.807, 2.05) is 0 Å². The van der Waals surface area contributed by atoms with Gasteiger partial charge in [-0.3, -0.25) is 0 Å². The van der Waals surface area contributed by atoms with Gasteiger partial charge < -0.3 is 4.23 Å². The lowest BCUT2D eigenvalue weighted by Gasteiger charge is -2.40. The average Bonchev–Trinajstić information content (AvgIpc) is 2.02. The van der Waals surface area contributed by atoms with E-state index in [4.69, 9.17) is 0 Å². The first-order valence-electron chi connectivity index (χ1n) is 5.27. The number of benzene rings is 1. The summed E-state index contributed by atoms with van der Waals surface area (Å²) in [5, 5.41) is 0. The maximum atomic E-state index is 2.72. The quantitative estimate of drug-likeness (QED) is 0.711. The lowest BCUT2D eigenvalue weighted by Crippen LogP contribution is -2.52. The number of hydrogen-bond acceptors (Lipinski definition) is 1. The van der Waals surface area contributed by atoms with Gasteiger partial charge >= 0.3 is 0 Å². The zero-order chi connectivity index (χ0) is 10.8. The van der Waals surface area contributed by atoms with Crippen LogP contribution in [0, 0.1) is 0 Å². The largest absolute Gasteiger partial charge is 0.427 e. The predicted molar refractivity (Wildman–Crippen MR) is 71.1 cm³/mol. The summed E-state index contributed by atoms with van der Waals surface area (Å²) in [6, 6.07) is 10.8. The van der Waals surface area contributed by atoms with Gasteiger partial charge in [0.15, 0.2) is 0 Å². The molecule has 1 nitrogen and oxygen atoms in total. The smallest absolute Gasteiger partial charge is 0.138 e. The van der Waals surface area contributed by atoms with Crippen LogP contribution in [0.2, 0.25) is 32.7 Å². The molecule has 0 atom stereocenters. The number of hydrogen-bond donors (Lipinski definition) is 0. The molecular formula is C11H21NSi2. The molecule has 0 aromatic heterocycles. The van der Waals surface area contributed by atoms with Crippen molar-refractivity contribution in [3.63, 3.8) is 0 Å². The molecule has 14 heavy (non-hydrogen) atoms. The lowest BCUT2D eigenvalue weighted by molar-refractivity contribution is 1.40. The predicted octanol–water partition coefficient (Wildman–Crippen LogP) is 3.31. The summed E-state index contributed by atoms with van der Waals surface area (Å²) >= 11 is 0. The number of para-hydroxylation sites is 1. The van der Waals surface area contributed by atoms with Crippen molar-refractivity contribution in [2.45, 2.75) is 32.7 Å². The van der Waals surface area contributed by atoms with Crippen molar-refractivity contribution in [2.75, 3.05) is 4.23 Å². The van der Waals surface area contributed by atoms with Crippen molar-refractivity contribution in [3.05, 3.63) is 30.3 Å². The summed E-state index contributed by atoms with van der Waals surface area (Å²) in [5.41, 5.74) is 1.42. The number of anilines is 1. The third-order valence-corrected chi connectivity index (χ3v) is 9.18. The van der Waals surface area contributed by atoms with Crippen LogP contribution >= 0.6 is 0 Å². The van der Waals surface area contributed by atoms with Crippen LogP contribution in [-0.2, 0) is 0 Å². The van der Waals surface area contributed by atoms with Gasteiger partial charge in [-0.15, -0.1) is 0 Å². The first-order valence-corrected chi connectivity index (χ1v) is 11.5. The molecule has 0 aliphatic carbocycles. The van der Waals surface area contributed by atoms with Crippen LogP contribution in [0.5, 0.6) is 0 Å². The van der Waals surface area contributed by atoms with E-state index in [1.165, 1.54) is 5.69 Å². The summed E-state index contributed by atoms with van der Waals surface area (Å²) < 4.78 is 2.72. The molecule has 0 saturated heterocycles. The fourth-order valence-electron chi connectivity index (χ4n) is 2.05. The normalized spacial score (nSPS) is 11.9. The molecule has 0 bridgehead atoms. The van der Waals surface area contributed by atoms with Gasteiger partial charge in [0.05, 0.1) is 0 Å². The van der Waals surface area contributed by atoms with Gasteiger partial charge in [0.2, 0.25) is 0 Å². The first kappa shape index (κ1) is 11.5. The minimum absolute atomic E-state index is 0.742. The van der Waals surface area contributed by atoms with Crippen LogP contribution in [0.1, 0.15) is 0 Å². The molecule has 0 aliphatic heterocycles. The molecule has 1 aromatic carbocycles. The highest BCUT2D eigenvalue weighted by Gasteiger charge is 2.26. The van der Waals surface area contributed by atoms with Crippen LogP contribution in [0.25, 0.3) is 0 Å². The van der Waals surface area contributed by atoms with E-state index < -0.39 is 17.2 Å². The fourth-order valence-corrected chi connectivity index (χ4v) is 9.94. The maximum absolute atomic E-state index is 2.72. The Kier molecular flexibility index (Phi) is 3.55. The van der Waals surface area contributed by atoms with Crippen LogP contribution < -0.4 is 4.23 Å². The second-order valence-electron chi connectivity index (χ2n) is 4.97. The van der Waals surface area contributed by atoms with Crippen LogP contribution in [0.15, 0.2) is 30.3 Å². The summed E-state index contributed by atoms with van der Waals surface area (Å²) in [4.78, 5) is 0. The highest BCUT2D eigenvalue weighted by Crippen LogP contribution is 2.22. The van der Waals surface area contributed by atoms with E-state index in [2.05, 4.69) is 67.3 Å². The van der Waals surface area contributed by atoms with Gasteiger partial charge in [-0.05, 0) is 12.1 Å². The molecular weight excluding hydrogens is 202 g/mol. The maximum Gasteiger partial charge on any atom is 0.138 e. The Morgan fingerprint density at radius 3 is 1.86 bits per heavy atom. The summed E-state index contributed by atoms with van der Waals surface area (Å²) in [7, 11) is -1.94. The first-order chi connectivity index (χ1) is 6.43. The van der Waals surface area contributed by atoms with E-state index in [0.717, 1.165) is 0 Å². The minimum atomic E-state index is -1.20. The van der Waals surface area contributed by atoms with Gasteiger partial charge in [0.1, 0.15) is 17.2 Å². The second-order valence-corrected chi connectivity index (χ2v) is 13.0. The Bertz CT molecular complexity index is 277. The number of rotatable bonds is 3. The van der Waals surface area contributed by atoms with E-state index in [1.54, 1.807) is 0 Å². The Balaban J connectivity index is 3.02. The van der Waals surface area contributed by atoms with Crippen molar-refractivity contribution in [2.24, 2.45) is 0 Å². The molecule has 0 aliphatic rings. The van der Waals surface area contributed by atoms with Crippen molar-refractivity contribution in [1.82, 2.24) is 0 Å². The highest BCUT2D eigenvalue weighted by atomic mass is 28.4. The fraction of sp³-hybridized carbons (Fsp3) is 0.455. The summed E-state index contributed by atoms with van der Waals surface area (Å²) in [6.07, 6.45) is 0. The van der Waals surface area contributed by atoms with Crippen molar-refractivity contribution >= 4 is 22.9 Å². The third-order valence-electron chi connectivity index (χ3n) is 2.27. The molecule has 0 spiro atoms. The van der Waals surface area contributed by atoms with Crippen molar-refractivity contribution < 1.29 is 0 Å². The van der Waals surface area contributed by atoms with Crippen molar-refractivity contribution in [1.29, 1.82) is 0 Å². The van der Waals surface area contributed by atoms with Gasteiger partial charge in [-0.25, -0.2) is 0 Å². The van der Waals surface area contributed by atoms with E-state index in [0.29, 0.717) is 0 Å². The average molecular weight is 223 g/mol. The summed E-state index contributed by atoms with van der Waals surface area (Å²) in [5.74, 6) is 0. The molecule has 3 heteroatoms.